The SMILES string of the molecule is COc1cc(-c2[o+]c3cc(O)cc(O[C@@H]4O[C@H](CO)[C@@H](O)[C@H](O)[C@H]4O)c3cc2O[C@@H]2O[C@H](CO[C@@H]3O[C@@H](CO)[C@H](O)[C@@H](O)[C@H]3O)[C@@H](O)[C@H](O)[C@H]2O)cc(OC)c1O. The standard InChI is InChI=1S/C35H44O22/c1-49-16-3-11(4-17(50-2)22(16)39)32-18(7-13-14(52-32)5-12(38)6-15(13)53-34-30(47)27(44)24(41)20(9-37)56-34)54-35-31(48)28(45)25(42)21(57-35)10-51-33-29(46)26(43)23(40)19(8-36)55-33/h3-7,19-21,23-31,33-37,40-48H,8-10H2,1-2H3,(H-,38,39)/p+1/t19-,20+,21+,23-,24+,25+,26+,27-,28-,29+,30+,31+,33+,34+,35+/m0/s1. The Hall–Kier alpha value is -3.95. The van der Waals surface area contributed by atoms with Gasteiger partial charge in [0, 0.05) is 24.3 Å². The van der Waals surface area contributed by atoms with Gasteiger partial charge in [0.15, 0.2) is 17.8 Å². The van der Waals surface area contributed by atoms with Gasteiger partial charge in [-0.05, 0) is 0 Å². The number of fused-ring (bicyclic) bond motifs is 1. The Morgan fingerprint density at radius 3 is 1.54 bits per heavy atom. The molecule has 3 fully saturated rings. The highest BCUT2D eigenvalue weighted by Gasteiger charge is 2.49. The fourth-order valence-electron chi connectivity index (χ4n) is 6.54. The highest BCUT2D eigenvalue weighted by molar-refractivity contribution is 5.89. The number of phenolic OH excluding ortho intramolecular Hbond substituents is 2. The second-order valence-electron chi connectivity index (χ2n) is 13.5. The molecule has 4 heterocycles. The van der Waals surface area contributed by atoms with Gasteiger partial charge in [0.1, 0.15) is 90.1 Å². The molecule has 22 heteroatoms. The number of aliphatic hydroxyl groups is 11. The average molecular weight is 818 g/mol. The molecular formula is C35H45O22+. The first-order valence-electron chi connectivity index (χ1n) is 17.5. The Bertz CT molecular complexity index is 1820. The van der Waals surface area contributed by atoms with Crippen molar-refractivity contribution in [2.75, 3.05) is 34.0 Å². The monoisotopic (exact) mass is 817 g/mol. The van der Waals surface area contributed by atoms with Crippen LogP contribution in [0.25, 0.3) is 22.3 Å². The van der Waals surface area contributed by atoms with Crippen LogP contribution in [0.4, 0.5) is 0 Å². The van der Waals surface area contributed by atoms with E-state index in [2.05, 4.69) is 0 Å². The summed E-state index contributed by atoms with van der Waals surface area (Å²) in [5, 5.41) is 135. The van der Waals surface area contributed by atoms with Gasteiger partial charge in [0.25, 0.3) is 0 Å². The molecule has 0 bridgehead atoms. The molecule has 3 aliphatic heterocycles. The first-order chi connectivity index (χ1) is 27.1. The quantitative estimate of drug-likeness (QED) is 0.0774. The Kier molecular flexibility index (Phi) is 13.1. The zero-order valence-electron chi connectivity index (χ0n) is 30.2. The summed E-state index contributed by atoms with van der Waals surface area (Å²) >= 11 is 0. The van der Waals surface area contributed by atoms with Crippen LogP contribution in [0.15, 0.2) is 34.7 Å². The number of phenols is 2. The van der Waals surface area contributed by atoms with Crippen molar-refractivity contribution in [2.45, 2.75) is 92.1 Å². The van der Waals surface area contributed by atoms with E-state index >= 15 is 0 Å². The van der Waals surface area contributed by atoms with E-state index < -0.39 is 118 Å². The molecule has 22 nitrogen and oxygen atoms in total. The summed E-state index contributed by atoms with van der Waals surface area (Å²) in [5.41, 5.74) is -0.0131. The Morgan fingerprint density at radius 2 is 1.02 bits per heavy atom. The van der Waals surface area contributed by atoms with Gasteiger partial charge in [0.2, 0.25) is 24.1 Å². The lowest BCUT2D eigenvalue weighted by Gasteiger charge is -2.42. The molecule has 1 aromatic heterocycles. The molecule has 0 amide bonds. The molecule has 15 atom stereocenters. The van der Waals surface area contributed by atoms with Crippen LogP contribution in [0.2, 0.25) is 0 Å². The molecular weight excluding hydrogens is 772 g/mol. The summed E-state index contributed by atoms with van der Waals surface area (Å²) in [5.74, 6) is -1.77. The third kappa shape index (κ3) is 8.34. The molecule has 3 aliphatic rings. The zero-order chi connectivity index (χ0) is 41.5. The zero-order valence-corrected chi connectivity index (χ0v) is 30.2. The first-order valence-corrected chi connectivity index (χ1v) is 17.5. The number of ether oxygens (including phenoxy) is 8. The van der Waals surface area contributed by atoms with Crippen LogP contribution in [-0.2, 0) is 18.9 Å². The molecule has 6 rings (SSSR count). The minimum Gasteiger partial charge on any atom is -0.507 e. The second kappa shape index (κ2) is 17.5. The molecule has 2 aromatic carbocycles. The van der Waals surface area contributed by atoms with E-state index in [1.807, 2.05) is 0 Å². The van der Waals surface area contributed by atoms with Crippen molar-refractivity contribution in [3.63, 3.8) is 0 Å². The molecule has 3 aromatic rings. The molecule has 0 spiro atoms. The third-order valence-electron chi connectivity index (χ3n) is 9.82. The Balaban J connectivity index is 1.38. The van der Waals surface area contributed by atoms with E-state index in [0.717, 1.165) is 12.1 Å². The maximum absolute atomic E-state index is 11.1. The number of methoxy groups -OCH3 is 2. The van der Waals surface area contributed by atoms with Gasteiger partial charge in [-0.1, -0.05) is 0 Å². The van der Waals surface area contributed by atoms with Crippen LogP contribution >= 0.6 is 0 Å². The molecule has 0 aliphatic carbocycles. The maximum atomic E-state index is 11.1. The minimum absolute atomic E-state index is 0.0189. The molecule has 316 valence electrons. The lowest BCUT2D eigenvalue weighted by Crippen LogP contribution is -2.62. The Labute approximate surface area is 321 Å². The van der Waals surface area contributed by atoms with Gasteiger partial charge in [-0.2, -0.15) is 0 Å². The van der Waals surface area contributed by atoms with Crippen LogP contribution in [-0.4, -0.2) is 193 Å². The summed E-state index contributed by atoms with van der Waals surface area (Å²) in [6.45, 7) is -2.19. The van der Waals surface area contributed by atoms with Gasteiger partial charge in [-0.15, -0.1) is 0 Å². The molecule has 3 saturated heterocycles. The summed E-state index contributed by atoms with van der Waals surface area (Å²) in [4.78, 5) is 0. The first kappa shape index (κ1) is 42.7. The topological polar surface area (TPSA) is 348 Å². The van der Waals surface area contributed by atoms with Gasteiger partial charge in [-0.3, -0.25) is 0 Å². The number of aliphatic hydroxyl groups excluding tert-OH is 11. The number of aromatic hydroxyl groups is 2. The predicted molar refractivity (Wildman–Crippen MR) is 184 cm³/mol. The van der Waals surface area contributed by atoms with E-state index in [-0.39, 0.29) is 51.0 Å². The van der Waals surface area contributed by atoms with Crippen LogP contribution in [0.3, 0.4) is 0 Å². The van der Waals surface area contributed by atoms with Gasteiger partial charge >= 0.3 is 11.3 Å². The number of hydrogen-bond acceptors (Lipinski definition) is 21. The van der Waals surface area contributed by atoms with Crippen LogP contribution in [0.1, 0.15) is 0 Å². The van der Waals surface area contributed by atoms with Crippen LogP contribution < -0.4 is 18.9 Å². The van der Waals surface area contributed by atoms with E-state index in [1.165, 1.54) is 32.4 Å². The normalized spacial score (nSPS) is 35.8. The molecule has 0 saturated carbocycles. The molecule has 0 unspecified atom stereocenters. The highest BCUT2D eigenvalue weighted by Crippen LogP contribution is 2.46. The van der Waals surface area contributed by atoms with E-state index in [4.69, 9.17) is 42.3 Å². The van der Waals surface area contributed by atoms with Crippen molar-refractivity contribution < 1.29 is 109 Å². The van der Waals surface area contributed by atoms with Crippen molar-refractivity contribution in [1.82, 2.24) is 0 Å². The number of hydrogen-bond donors (Lipinski definition) is 13. The largest absolute Gasteiger partial charge is 0.507 e. The van der Waals surface area contributed by atoms with Gasteiger partial charge in [-0.25, -0.2) is 4.42 Å². The fourth-order valence-corrected chi connectivity index (χ4v) is 6.54. The highest BCUT2D eigenvalue weighted by atomic mass is 16.7. The van der Waals surface area contributed by atoms with Crippen molar-refractivity contribution in [3.8, 4) is 45.8 Å². The predicted octanol–water partition coefficient (Wildman–Crippen LogP) is -4.01. The van der Waals surface area contributed by atoms with Crippen LogP contribution in [0, 0.1) is 0 Å². The maximum Gasteiger partial charge on any atom is 0.402 e. The average Bonchev–Trinajstić information content (AvgIpc) is 3.20. The molecule has 0 radical (unpaired) electrons. The van der Waals surface area contributed by atoms with Crippen molar-refractivity contribution in [1.29, 1.82) is 0 Å². The smallest absolute Gasteiger partial charge is 0.402 e. The summed E-state index contributed by atoms with van der Waals surface area (Å²) < 4.78 is 50.8. The van der Waals surface area contributed by atoms with E-state index in [0.29, 0.717) is 0 Å². The van der Waals surface area contributed by atoms with E-state index in [1.54, 1.807) is 0 Å². The number of benzene rings is 2. The third-order valence-corrected chi connectivity index (χ3v) is 9.82. The minimum atomic E-state index is -1.97. The fraction of sp³-hybridized carbons (Fsp3) is 0.571. The van der Waals surface area contributed by atoms with Crippen molar-refractivity contribution in [2.24, 2.45) is 0 Å². The van der Waals surface area contributed by atoms with Crippen molar-refractivity contribution >= 4 is 11.0 Å². The van der Waals surface area contributed by atoms with Crippen LogP contribution in [0.5, 0.6) is 34.5 Å². The van der Waals surface area contributed by atoms with E-state index in [9.17, 15) is 66.4 Å². The Morgan fingerprint density at radius 1 is 0.544 bits per heavy atom. The summed E-state index contributed by atoms with van der Waals surface area (Å²) in [6.07, 6.45) is -25.8. The molecule has 57 heavy (non-hydrogen) atoms. The second-order valence-corrected chi connectivity index (χ2v) is 13.5. The van der Waals surface area contributed by atoms with Gasteiger partial charge in [0.05, 0.1) is 45.7 Å². The number of rotatable bonds is 12. The van der Waals surface area contributed by atoms with Crippen molar-refractivity contribution in [3.05, 3.63) is 30.3 Å². The van der Waals surface area contributed by atoms with Gasteiger partial charge < -0.3 is 104 Å². The lowest BCUT2D eigenvalue weighted by molar-refractivity contribution is -0.323. The summed E-state index contributed by atoms with van der Waals surface area (Å²) in [6, 6.07) is 6.13. The summed E-state index contributed by atoms with van der Waals surface area (Å²) in [7, 11) is 2.53. The lowest BCUT2D eigenvalue weighted by atomic mass is 9.98. The molecule has 13 N–H and O–H groups in total.